The van der Waals surface area contributed by atoms with E-state index >= 15 is 0 Å². The number of pyridine rings is 1. The number of aromatic nitrogens is 2. The Morgan fingerprint density at radius 2 is 1.55 bits per heavy atom. The van der Waals surface area contributed by atoms with E-state index in [2.05, 4.69) is 51.3 Å². The molecular formula is C31H32N4O2S. The zero-order valence-electron chi connectivity index (χ0n) is 21.5. The zero-order valence-corrected chi connectivity index (χ0v) is 22.3. The molecule has 3 heterocycles. The molecule has 38 heavy (non-hydrogen) atoms. The number of nitrogens with zero attached hydrogens (tertiary/aromatic N) is 3. The smallest absolute Gasteiger partial charge is 0.174 e. The third kappa shape index (κ3) is 4.86. The van der Waals surface area contributed by atoms with Crippen LogP contribution in [0.4, 0.5) is 5.69 Å². The minimum absolute atomic E-state index is 0.0253. The standard InChI is InChI=1S/C31H32N4O2S/c1-36-24-16-18-26(19-17-24)37-25-14-12-23(13-15-25)35-30(29(33-31(35)38)27-10-5-6-20-32-27)28-11-7-21-34(28)22-8-3-2-4-9-22/h5-7,10-22,29-30H,2-4,8-9H2,1H3,(H,33,38)/t29-,30-/m1/s1. The van der Waals surface area contributed by atoms with Crippen molar-refractivity contribution in [1.29, 1.82) is 0 Å². The van der Waals surface area contributed by atoms with Gasteiger partial charge in [-0.3, -0.25) is 4.98 Å². The van der Waals surface area contributed by atoms with Gasteiger partial charge in [-0.25, -0.2) is 0 Å². The van der Waals surface area contributed by atoms with Gasteiger partial charge in [0.05, 0.1) is 18.8 Å². The van der Waals surface area contributed by atoms with Crippen LogP contribution in [0.5, 0.6) is 17.2 Å². The second kappa shape index (κ2) is 10.9. The summed E-state index contributed by atoms with van der Waals surface area (Å²) in [4.78, 5) is 6.95. The molecule has 2 aliphatic rings. The highest BCUT2D eigenvalue weighted by Crippen LogP contribution is 2.44. The van der Waals surface area contributed by atoms with Crippen molar-refractivity contribution >= 4 is 23.0 Å². The molecule has 6 rings (SSSR count). The van der Waals surface area contributed by atoms with E-state index in [-0.39, 0.29) is 12.1 Å². The maximum atomic E-state index is 6.07. The summed E-state index contributed by atoms with van der Waals surface area (Å²) in [5.41, 5.74) is 3.26. The molecule has 1 aliphatic heterocycles. The first-order valence-electron chi connectivity index (χ1n) is 13.3. The van der Waals surface area contributed by atoms with Crippen LogP contribution in [0.25, 0.3) is 0 Å². The summed E-state index contributed by atoms with van der Waals surface area (Å²) in [6, 6.07) is 26.7. The van der Waals surface area contributed by atoms with Crippen LogP contribution in [0, 0.1) is 0 Å². The molecule has 2 fully saturated rings. The van der Waals surface area contributed by atoms with Crippen molar-refractivity contribution in [3.05, 3.63) is 103 Å². The lowest BCUT2D eigenvalue weighted by atomic mass is 9.94. The predicted molar refractivity (Wildman–Crippen MR) is 154 cm³/mol. The molecule has 0 spiro atoms. The van der Waals surface area contributed by atoms with Crippen LogP contribution in [0.1, 0.15) is 61.6 Å². The Balaban J connectivity index is 1.33. The van der Waals surface area contributed by atoms with Crippen LogP contribution in [0.3, 0.4) is 0 Å². The van der Waals surface area contributed by atoms with E-state index in [4.69, 9.17) is 26.7 Å². The Morgan fingerprint density at radius 1 is 0.842 bits per heavy atom. The number of thiocarbonyl (C=S) groups is 1. The fourth-order valence-electron chi connectivity index (χ4n) is 5.74. The molecule has 0 amide bonds. The Morgan fingerprint density at radius 3 is 2.24 bits per heavy atom. The van der Waals surface area contributed by atoms with Gasteiger partial charge < -0.3 is 24.3 Å². The Kier molecular flexibility index (Phi) is 7.01. The van der Waals surface area contributed by atoms with E-state index in [1.54, 1.807) is 7.11 Å². The highest BCUT2D eigenvalue weighted by atomic mass is 32.1. The van der Waals surface area contributed by atoms with Gasteiger partial charge in [0.2, 0.25) is 0 Å². The molecule has 6 nitrogen and oxygen atoms in total. The summed E-state index contributed by atoms with van der Waals surface area (Å²) in [7, 11) is 1.66. The van der Waals surface area contributed by atoms with Crippen molar-refractivity contribution in [3.8, 4) is 17.2 Å². The molecule has 7 heteroatoms. The number of ether oxygens (including phenoxy) is 2. The molecule has 1 saturated heterocycles. The van der Waals surface area contributed by atoms with Crippen LogP contribution < -0.4 is 19.7 Å². The van der Waals surface area contributed by atoms with Gasteiger partial charge in [-0.15, -0.1) is 0 Å². The van der Waals surface area contributed by atoms with Gasteiger partial charge in [0.15, 0.2) is 5.11 Å². The van der Waals surface area contributed by atoms with Gasteiger partial charge in [-0.1, -0.05) is 25.3 Å². The van der Waals surface area contributed by atoms with Gasteiger partial charge in [-0.05, 0) is 97.9 Å². The van der Waals surface area contributed by atoms with Crippen molar-refractivity contribution in [1.82, 2.24) is 14.9 Å². The van der Waals surface area contributed by atoms with Crippen LogP contribution >= 0.6 is 12.2 Å². The minimum Gasteiger partial charge on any atom is -0.497 e. The third-order valence-corrected chi connectivity index (χ3v) is 7.91. The number of hydrogen-bond acceptors (Lipinski definition) is 4. The largest absolute Gasteiger partial charge is 0.497 e. The number of rotatable bonds is 7. The normalized spacial score (nSPS) is 19.8. The Bertz CT molecular complexity index is 1370. The average Bonchev–Trinajstić information content (AvgIpc) is 3.59. The molecule has 2 aromatic carbocycles. The minimum atomic E-state index is -0.0591. The number of benzene rings is 2. The highest BCUT2D eigenvalue weighted by molar-refractivity contribution is 7.80. The van der Waals surface area contributed by atoms with E-state index in [1.807, 2.05) is 54.7 Å². The monoisotopic (exact) mass is 524 g/mol. The second-order valence-electron chi connectivity index (χ2n) is 9.90. The summed E-state index contributed by atoms with van der Waals surface area (Å²) >= 11 is 5.95. The van der Waals surface area contributed by atoms with Gasteiger partial charge in [0.1, 0.15) is 23.3 Å². The maximum absolute atomic E-state index is 6.07. The number of methoxy groups -OCH3 is 1. The quantitative estimate of drug-likeness (QED) is 0.255. The molecular weight excluding hydrogens is 492 g/mol. The lowest BCUT2D eigenvalue weighted by Gasteiger charge is -2.32. The summed E-state index contributed by atoms with van der Waals surface area (Å²) in [5.74, 6) is 2.32. The van der Waals surface area contributed by atoms with Gasteiger partial charge >= 0.3 is 0 Å². The van der Waals surface area contributed by atoms with Gasteiger partial charge in [-0.2, -0.15) is 0 Å². The fourth-order valence-corrected chi connectivity index (χ4v) is 6.08. The predicted octanol–water partition coefficient (Wildman–Crippen LogP) is 7.37. The lowest BCUT2D eigenvalue weighted by molar-refractivity contribution is 0.340. The molecule has 0 radical (unpaired) electrons. The van der Waals surface area contributed by atoms with Crippen LogP contribution in [0.2, 0.25) is 0 Å². The number of hydrogen-bond donors (Lipinski definition) is 1. The van der Waals surface area contributed by atoms with Gasteiger partial charge in [0.25, 0.3) is 0 Å². The molecule has 1 N–H and O–H groups in total. The zero-order chi connectivity index (χ0) is 25.9. The van der Waals surface area contributed by atoms with Crippen LogP contribution in [-0.4, -0.2) is 21.8 Å². The van der Waals surface area contributed by atoms with Crippen molar-refractivity contribution in [2.45, 2.75) is 50.2 Å². The van der Waals surface area contributed by atoms with Gasteiger partial charge in [0, 0.05) is 29.8 Å². The molecule has 4 aromatic rings. The van der Waals surface area contributed by atoms with Crippen molar-refractivity contribution in [2.75, 3.05) is 12.0 Å². The molecule has 0 bridgehead atoms. The first kappa shape index (κ1) is 24.5. The number of nitrogens with one attached hydrogen (secondary N) is 1. The summed E-state index contributed by atoms with van der Waals surface area (Å²) in [5, 5.41) is 4.29. The van der Waals surface area contributed by atoms with Crippen molar-refractivity contribution < 1.29 is 9.47 Å². The molecule has 1 aliphatic carbocycles. The first-order chi connectivity index (χ1) is 18.7. The maximum Gasteiger partial charge on any atom is 0.174 e. The van der Waals surface area contributed by atoms with E-state index < -0.39 is 0 Å². The van der Waals surface area contributed by atoms with Crippen molar-refractivity contribution in [2.24, 2.45) is 0 Å². The summed E-state index contributed by atoms with van der Waals surface area (Å²) in [6.07, 6.45) is 10.4. The molecule has 1 saturated carbocycles. The third-order valence-electron chi connectivity index (χ3n) is 7.59. The summed E-state index contributed by atoms with van der Waals surface area (Å²) < 4.78 is 13.8. The van der Waals surface area contributed by atoms with E-state index in [9.17, 15) is 0 Å². The molecule has 0 unspecified atom stereocenters. The average molecular weight is 525 g/mol. The lowest BCUT2D eigenvalue weighted by Crippen LogP contribution is -2.31. The Labute approximate surface area is 229 Å². The van der Waals surface area contributed by atoms with Crippen LogP contribution in [-0.2, 0) is 0 Å². The Hall–Kier alpha value is -3.84. The fraction of sp³-hybridized carbons (Fsp3) is 0.290. The highest BCUT2D eigenvalue weighted by Gasteiger charge is 2.42. The first-order valence-corrected chi connectivity index (χ1v) is 13.7. The molecule has 2 atom stereocenters. The van der Waals surface area contributed by atoms with Crippen molar-refractivity contribution in [3.63, 3.8) is 0 Å². The van der Waals surface area contributed by atoms with E-state index in [1.165, 1.54) is 37.8 Å². The second-order valence-corrected chi connectivity index (χ2v) is 10.3. The van der Waals surface area contributed by atoms with E-state index in [0.717, 1.165) is 28.6 Å². The molecule has 194 valence electrons. The van der Waals surface area contributed by atoms with Crippen LogP contribution in [0.15, 0.2) is 91.3 Å². The molecule has 2 aromatic heterocycles. The topological polar surface area (TPSA) is 51.6 Å². The van der Waals surface area contributed by atoms with E-state index in [0.29, 0.717) is 11.2 Å². The summed E-state index contributed by atoms with van der Waals surface area (Å²) in [6.45, 7) is 0. The SMILES string of the molecule is COc1ccc(Oc2ccc(N3C(=S)N[C@H](c4ccccn4)[C@H]3c3cccn3C3CCCCC3)cc2)cc1. The number of anilines is 1.